The third-order valence-electron chi connectivity index (χ3n) is 3.91. The minimum absolute atomic E-state index is 0.205. The Morgan fingerprint density at radius 3 is 2.47 bits per heavy atom. The summed E-state index contributed by atoms with van der Waals surface area (Å²) in [6.45, 7) is 16.8. The van der Waals surface area contributed by atoms with E-state index in [0.29, 0.717) is 11.3 Å². The van der Waals surface area contributed by atoms with Crippen LogP contribution in [0.5, 0.6) is 0 Å². The van der Waals surface area contributed by atoms with E-state index in [4.69, 9.17) is 4.74 Å². The van der Waals surface area contributed by atoms with Gasteiger partial charge in [-0.05, 0) is 36.5 Å². The molecule has 1 aliphatic rings. The summed E-state index contributed by atoms with van der Waals surface area (Å²) >= 11 is 0. The van der Waals surface area contributed by atoms with E-state index in [-0.39, 0.29) is 5.41 Å². The molecule has 1 rings (SSSR count). The monoisotopic (exact) mass is 236 g/mol. The quantitative estimate of drug-likeness (QED) is 0.648. The Balaban J connectivity index is 2.98. The normalized spacial score (nSPS) is 26.5. The number of hydrogen-bond donors (Lipinski definition) is 0. The molecule has 0 aromatic heterocycles. The molecule has 0 spiro atoms. The maximum Gasteiger partial charge on any atom is 0.0499 e. The highest BCUT2D eigenvalue weighted by molar-refractivity contribution is 5.23. The molecular weight excluding hydrogens is 208 g/mol. The van der Waals surface area contributed by atoms with E-state index in [1.54, 1.807) is 7.11 Å². The zero-order valence-electron chi connectivity index (χ0n) is 12.4. The van der Waals surface area contributed by atoms with E-state index in [1.807, 2.05) is 0 Å². The van der Waals surface area contributed by atoms with Crippen molar-refractivity contribution in [3.05, 3.63) is 23.8 Å². The molecule has 1 nitrogen and oxygen atoms in total. The molecular formula is C16H28O. The molecule has 0 fully saturated rings. The fourth-order valence-corrected chi connectivity index (χ4v) is 4.05. The minimum Gasteiger partial charge on any atom is -0.384 e. The molecule has 0 aromatic carbocycles. The van der Waals surface area contributed by atoms with Crippen LogP contribution in [-0.2, 0) is 4.74 Å². The highest BCUT2D eigenvalue weighted by Gasteiger charge is 2.43. The summed E-state index contributed by atoms with van der Waals surface area (Å²) in [6.07, 6.45) is 4.58. The molecule has 0 bridgehead atoms. The van der Waals surface area contributed by atoms with Gasteiger partial charge >= 0.3 is 0 Å². The van der Waals surface area contributed by atoms with Gasteiger partial charge in [0, 0.05) is 13.7 Å². The maximum absolute atomic E-state index is 5.18. The van der Waals surface area contributed by atoms with Gasteiger partial charge in [0.25, 0.3) is 0 Å². The number of rotatable bonds is 4. The van der Waals surface area contributed by atoms with Crippen molar-refractivity contribution in [3.8, 4) is 0 Å². The summed E-state index contributed by atoms with van der Waals surface area (Å²) in [5.74, 6) is 0.536. The van der Waals surface area contributed by atoms with Crippen molar-refractivity contribution in [3.63, 3.8) is 0 Å². The minimum atomic E-state index is 0.205. The van der Waals surface area contributed by atoms with Crippen LogP contribution in [0.2, 0.25) is 0 Å². The number of ether oxygens (including phenoxy) is 1. The van der Waals surface area contributed by atoms with Crippen LogP contribution >= 0.6 is 0 Å². The van der Waals surface area contributed by atoms with Crippen LogP contribution in [-0.4, -0.2) is 13.7 Å². The van der Waals surface area contributed by atoms with Crippen LogP contribution in [0.3, 0.4) is 0 Å². The predicted molar refractivity (Wildman–Crippen MR) is 75.1 cm³/mol. The van der Waals surface area contributed by atoms with E-state index in [9.17, 15) is 0 Å². The van der Waals surface area contributed by atoms with E-state index >= 15 is 0 Å². The number of allylic oxidation sites excluding steroid dienone is 2. The van der Waals surface area contributed by atoms with Gasteiger partial charge in [-0.2, -0.15) is 0 Å². The lowest BCUT2D eigenvalue weighted by atomic mass is 9.56. The highest BCUT2D eigenvalue weighted by atomic mass is 16.5. The first kappa shape index (κ1) is 14.5. The average molecular weight is 236 g/mol. The van der Waals surface area contributed by atoms with Crippen molar-refractivity contribution >= 4 is 0 Å². The Bertz CT molecular complexity index is 320. The molecule has 1 heteroatoms. The first-order chi connectivity index (χ1) is 7.70. The van der Waals surface area contributed by atoms with Gasteiger partial charge in [-0.3, -0.25) is 0 Å². The Hall–Kier alpha value is -0.560. The predicted octanol–water partition coefficient (Wildman–Crippen LogP) is 4.60. The second-order valence-electron chi connectivity index (χ2n) is 6.81. The Morgan fingerprint density at radius 2 is 2.00 bits per heavy atom. The number of methoxy groups -OCH3 is 1. The molecule has 1 aliphatic carbocycles. The Morgan fingerprint density at radius 1 is 1.41 bits per heavy atom. The fourth-order valence-electron chi connectivity index (χ4n) is 4.05. The van der Waals surface area contributed by atoms with Crippen LogP contribution in [0.25, 0.3) is 0 Å². The topological polar surface area (TPSA) is 9.23 Å². The third kappa shape index (κ3) is 3.22. The van der Waals surface area contributed by atoms with Crippen molar-refractivity contribution in [1.82, 2.24) is 0 Å². The van der Waals surface area contributed by atoms with E-state index in [2.05, 4.69) is 47.3 Å². The van der Waals surface area contributed by atoms with Crippen molar-refractivity contribution < 1.29 is 4.74 Å². The summed E-state index contributed by atoms with van der Waals surface area (Å²) in [5, 5.41) is 0. The van der Waals surface area contributed by atoms with Gasteiger partial charge in [-0.15, -0.1) is 0 Å². The number of hydrogen-bond acceptors (Lipinski definition) is 1. The molecule has 0 radical (unpaired) electrons. The summed E-state index contributed by atoms with van der Waals surface area (Å²) in [7, 11) is 1.76. The Kier molecular flexibility index (Phi) is 4.24. The second kappa shape index (κ2) is 4.97. The lowest BCUT2D eigenvalue weighted by molar-refractivity contribution is 0.114. The summed E-state index contributed by atoms with van der Waals surface area (Å²) in [5.41, 5.74) is 3.35. The molecule has 1 atom stereocenters. The van der Waals surface area contributed by atoms with Crippen molar-refractivity contribution in [1.29, 1.82) is 0 Å². The smallest absolute Gasteiger partial charge is 0.0499 e. The molecule has 0 aromatic rings. The van der Waals surface area contributed by atoms with Crippen LogP contribution in [0.1, 0.15) is 47.5 Å². The first-order valence-corrected chi connectivity index (χ1v) is 6.55. The van der Waals surface area contributed by atoms with Gasteiger partial charge in [0.2, 0.25) is 0 Å². The zero-order valence-corrected chi connectivity index (χ0v) is 12.4. The molecule has 98 valence electrons. The maximum atomic E-state index is 5.18. The van der Waals surface area contributed by atoms with Gasteiger partial charge in [-0.25, -0.2) is 0 Å². The molecule has 0 heterocycles. The summed E-state index contributed by atoms with van der Waals surface area (Å²) in [4.78, 5) is 0. The van der Waals surface area contributed by atoms with Crippen molar-refractivity contribution in [2.24, 2.45) is 16.7 Å². The second-order valence-corrected chi connectivity index (χ2v) is 6.81. The lowest BCUT2D eigenvalue weighted by Crippen LogP contribution is -2.40. The van der Waals surface area contributed by atoms with Crippen LogP contribution in [0.15, 0.2) is 23.8 Å². The largest absolute Gasteiger partial charge is 0.384 e. The fraction of sp³-hybridized carbons (Fsp3) is 0.750. The molecule has 0 N–H and O–H groups in total. The highest BCUT2D eigenvalue weighted by Crippen LogP contribution is 2.52. The van der Waals surface area contributed by atoms with Gasteiger partial charge < -0.3 is 4.74 Å². The zero-order chi connectivity index (χ0) is 13.3. The molecule has 0 aliphatic heterocycles. The van der Waals surface area contributed by atoms with Gasteiger partial charge in [0.1, 0.15) is 0 Å². The van der Waals surface area contributed by atoms with E-state index in [1.165, 1.54) is 17.6 Å². The van der Waals surface area contributed by atoms with Gasteiger partial charge in [-0.1, -0.05) is 51.5 Å². The molecule has 1 unspecified atom stereocenters. The molecule has 17 heavy (non-hydrogen) atoms. The summed E-state index contributed by atoms with van der Waals surface area (Å²) in [6, 6.07) is 0. The van der Waals surface area contributed by atoms with Crippen molar-refractivity contribution in [2.75, 3.05) is 13.7 Å². The SMILES string of the molecule is C=C(CCOC)C1C(C)(C)C=C(C)CC1(C)C. The third-order valence-corrected chi connectivity index (χ3v) is 3.91. The van der Waals surface area contributed by atoms with Crippen molar-refractivity contribution in [2.45, 2.75) is 47.5 Å². The van der Waals surface area contributed by atoms with Crippen LogP contribution in [0, 0.1) is 16.7 Å². The Labute approximate surface area is 107 Å². The summed E-state index contributed by atoms with van der Waals surface area (Å²) < 4.78 is 5.18. The molecule has 0 amide bonds. The molecule has 0 saturated heterocycles. The van der Waals surface area contributed by atoms with E-state index < -0.39 is 0 Å². The lowest BCUT2D eigenvalue weighted by Gasteiger charge is -2.48. The van der Waals surface area contributed by atoms with Crippen LogP contribution in [0.4, 0.5) is 0 Å². The van der Waals surface area contributed by atoms with Gasteiger partial charge in [0.05, 0.1) is 0 Å². The van der Waals surface area contributed by atoms with Crippen LogP contribution < -0.4 is 0 Å². The first-order valence-electron chi connectivity index (χ1n) is 6.55. The standard InChI is InChI=1S/C16H28O/c1-12-10-15(3,4)14(16(5,6)11-12)13(2)8-9-17-7/h10,14H,2,8-9,11H2,1,3-7H3. The van der Waals surface area contributed by atoms with Gasteiger partial charge in [0.15, 0.2) is 0 Å². The average Bonchev–Trinajstić information content (AvgIpc) is 2.09. The molecule has 0 saturated carbocycles. The van der Waals surface area contributed by atoms with E-state index in [0.717, 1.165) is 13.0 Å².